The molecule has 1 atom stereocenters. The molecule has 20 heavy (non-hydrogen) atoms. The molecule has 1 heterocycles. The van der Waals surface area contributed by atoms with E-state index in [0.717, 1.165) is 0 Å². The highest BCUT2D eigenvalue weighted by molar-refractivity contribution is 5.28. The molecule has 0 saturated carbocycles. The summed E-state index contributed by atoms with van der Waals surface area (Å²) in [5, 5.41) is 0. The fourth-order valence-corrected chi connectivity index (χ4v) is 1.59. The summed E-state index contributed by atoms with van der Waals surface area (Å²) in [4.78, 5) is 7.66. The predicted octanol–water partition coefficient (Wildman–Crippen LogP) is 3.08. The van der Waals surface area contributed by atoms with Crippen molar-refractivity contribution in [3.8, 4) is 17.7 Å². The maximum atomic E-state index is 14.3. The normalized spacial score (nSPS) is 11.3. The van der Waals surface area contributed by atoms with Gasteiger partial charge in [0.15, 0.2) is 12.8 Å². The summed E-state index contributed by atoms with van der Waals surface area (Å²) in [7, 11) is 0. The standard InChI is InChI=1S/C15H12F2N2O/c1-2-3-8-20-14-9-13(18-10-19-14)15(17)11-6-4-5-7-12(11)16/h4-7,9-10,15H,8H2,1H3. The van der Waals surface area contributed by atoms with E-state index in [-0.39, 0.29) is 23.7 Å². The SMILES string of the molecule is CC#CCOc1cc(C(F)c2ccccc2F)ncn1. The van der Waals surface area contributed by atoms with E-state index in [0.29, 0.717) is 0 Å². The summed E-state index contributed by atoms with van der Waals surface area (Å²) in [6.45, 7) is 1.84. The molecule has 2 rings (SSSR count). The van der Waals surface area contributed by atoms with E-state index in [4.69, 9.17) is 4.74 Å². The molecule has 0 amide bonds. The van der Waals surface area contributed by atoms with E-state index >= 15 is 0 Å². The second-order valence-corrected chi connectivity index (χ2v) is 3.88. The van der Waals surface area contributed by atoms with Crippen LogP contribution in [0.25, 0.3) is 0 Å². The Kier molecular flexibility index (Phi) is 4.61. The molecule has 5 heteroatoms. The fourth-order valence-electron chi connectivity index (χ4n) is 1.59. The van der Waals surface area contributed by atoms with Gasteiger partial charge < -0.3 is 4.74 Å². The van der Waals surface area contributed by atoms with Crippen molar-refractivity contribution in [2.24, 2.45) is 0 Å². The molecule has 2 aromatic rings. The molecule has 1 aromatic carbocycles. The highest BCUT2D eigenvalue weighted by atomic mass is 19.1. The minimum absolute atomic E-state index is 0.0459. The molecule has 0 N–H and O–H groups in total. The van der Waals surface area contributed by atoms with Crippen LogP contribution in [0.15, 0.2) is 36.7 Å². The van der Waals surface area contributed by atoms with Crippen LogP contribution in [0.5, 0.6) is 5.88 Å². The first-order valence-corrected chi connectivity index (χ1v) is 5.95. The lowest BCUT2D eigenvalue weighted by atomic mass is 10.1. The fraction of sp³-hybridized carbons (Fsp3) is 0.200. The van der Waals surface area contributed by atoms with Crippen LogP contribution >= 0.6 is 0 Å². The number of aromatic nitrogens is 2. The molecule has 0 aliphatic rings. The lowest BCUT2D eigenvalue weighted by Crippen LogP contribution is -2.03. The first-order chi connectivity index (χ1) is 9.72. The van der Waals surface area contributed by atoms with Crippen LogP contribution in [0.4, 0.5) is 8.78 Å². The molecular weight excluding hydrogens is 262 g/mol. The summed E-state index contributed by atoms with van der Waals surface area (Å²) in [6.07, 6.45) is -0.490. The maximum Gasteiger partial charge on any atom is 0.217 e. The van der Waals surface area contributed by atoms with Gasteiger partial charge in [0.2, 0.25) is 5.88 Å². The smallest absolute Gasteiger partial charge is 0.217 e. The minimum atomic E-state index is -1.67. The zero-order valence-electron chi connectivity index (χ0n) is 10.8. The average molecular weight is 274 g/mol. The number of nitrogens with zero attached hydrogens (tertiary/aromatic N) is 2. The quantitative estimate of drug-likeness (QED) is 0.804. The number of benzene rings is 1. The maximum absolute atomic E-state index is 14.3. The van der Waals surface area contributed by atoms with Crippen molar-refractivity contribution >= 4 is 0 Å². The molecule has 3 nitrogen and oxygen atoms in total. The van der Waals surface area contributed by atoms with Gasteiger partial charge in [-0.15, -0.1) is 5.92 Å². The Balaban J connectivity index is 2.21. The van der Waals surface area contributed by atoms with Crippen molar-refractivity contribution in [1.29, 1.82) is 0 Å². The van der Waals surface area contributed by atoms with Gasteiger partial charge in [0.05, 0.1) is 5.69 Å². The first-order valence-electron chi connectivity index (χ1n) is 5.95. The van der Waals surface area contributed by atoms with Gasteiger partial charge in [-0.2, -0.15) is 0 Å². The van der Waals surface area contributed by atoms with Crippen molar-refractivity contribution in [1.82, 2.24) is 9.97 Å². The van der Waals surface area contributed by atoms with Crippen LogP contribution in [0.1, 0.15) is 24.4 Å². The third-order valence-corrected chi connectivity index (χ3v) is 2.57. The molecule has 0 fully saturated rings. The number of hydrogen-bond donors (Lipinski definition) is 0. The zero-order chi connectivity index (χ0) is 14.4. The predicted molar refractivity (Wildman–Crippen MR) is 70.3 cm³/mol. The van der Waals surface area contributed by atoms with Gasteiger partial charge in [-0.25, -0.2) is 18.7 Å². The van der Waals surface area contributed by atoms with Gasteiger partial charge in [-0.1, -0.05) is 24.1 Å². The lowest BCUT2D eigenvalue weighted by Gasteiger charge is -2.09. The Bertz CT molecular complexity index is 650. The van der Waals surface area contributed by atoms with Crippen molar-refractivity contribution in [3.63, 3.8) is 0 Å². The third kappa shape index (κ3) is 3.29. The molecule has 102 valence electrons. The summed E-state index contributed by atoms with van der Waals surface area (Å²) >= 11 is 0. The number of halogens is 2. The third-order valence-electron chi connectivity index (χ3n) is 2.57. The number of rotatable bonds is 4. The topological polar surface area (TPSA) is 35.0 Å². The number of alkyl halides is 1. The molecular formula is C15H12F2N2O. The molecule has 0 saturated heterocycles. The van der Waals surface area contributed by atoms with Crippen LogP contribution in [0.3, 0.4) is 0 Å². The van der Waals surface area contributed by atoms with Crippen molar-refractivity contribution in [2.45, 2.75) is 13.1 Å². The van der Waals surface area contributed by atoms with Gasteiger partial charge in [0.1, 0.15) is 12.1 Å². The van der Waals surface area contributed by atoms with E-state index in [1.807, 2.05) is 0 Å². The molecule has 1 unspecified atom stereocenters. The molecule has 0 aliphatic carbocycles. The zero-order valence-corrected chi connectivity index (χ0v) is 10.8. The molecule has 1 aromatic heterocycles. The average Bonchev–Trinajstić information content (AvgIpc) is 2.48. The second-order valence-electron chi connectivity index (χ2n) is 3.88. The monoisotopic (exact) mass is 274 g/mol. The number of hydrogen-bond acceptors (Lipinski definition) is 3. The molecule has 0 spiro atoms. The van der Waals surface area contributed by atoms with Gasteiger partial charge in [-0.3, -0.25) is 0 Å². The van der Waals surface area contributed by atoms with Crippen LogP contribution in [0.2, 0.25) is 0 Å². The van der Waals surface area contributed by atoms with E-state index in [1.165, 1.54) is 30.6 Å². The summed E-state index contributed by atoms with van der Waals surface area (Å²) in [6, 6.07) is 7.00. The molecule has 0 bridgehead atoms. The van der Waals surface area contributed by atoms with Gasteiger partial charge in [0, 0.05) is 11.6 Å². The van der Waals surface area contributed by atoms with Gasteiger partial charge in [-0.05, 0) is 13.0 Å². The Morgan fingerprint density at radius 1 is 1.30 bits per heavy atom. The van der Waals surface area contributed by atoms with Crippen molar-refractivity contribution in [2.75, 3.05) is 6.61 Å². The summed E-state index contributed by atoms with van der Waals surface area (Å²) in [5.74, 6) is 4.96. The first kappa shape index (κ1) is 13.9. The van der Waals surface area contributed by atoms with E-state index in [1.54, 1.807) is 13.0 Å². The van der Waals surface area contributed by atoms with E-state index in [2.05, 4.69) is 21.8 Å². The lowest BCUT2D eigenvalue weighted by molar-refractivity contribution is 0.345. The minimum Gasteiger partial charge on any atom is -0.464 e. The highest BCUT2D eigenvalue weighted by Gasteiger charge is 2.18. The molecule has 0 aliphatic heterocycles. The Morgan fingerprint density at radius 2 is 2.10 bits per heavy atom. The Labute approximate surface area is 115 Å². The van der Waals surface area contributed by atoms with Gasteiger partial charge in [0.25, 0.3) is 0 Å². The summed E-state index contributed by atoms with van der Waals surface area (Å²) < 4.78 is 33.0. The largest absolute Gasteiger partial charge is 0.464 e. The number of ether oxygens (including phenoxy) is 1. The van der Waals surface area contributed by atoms with Crippen LogP contribution in [0, 0.1) is 17.7 Å². The van der Waals surface area contributed by atoms with Crippen molar-refractivity contribution in [3.05, 3.63) is 53.7 Å². The van der Waals surface area contributed by atoms with Crippen LogP contribution in [-0.4, -0.2) is 16.6 Å². The highest BCUT2D eigenvalue weighted by Crippen LogP contribution is 2.27. The summed E-state index contributed by atoms with van der Waals surface area (Å²) in [5.41, 5.74) is -0.0185. The Morgan fingerprint density at radius 3 is 2.85 bits per heavy atom. The Hall–Kier alpha value is -2.48. The van der Waals surface area contributed by atoms with E-state index in [9.17, 15) is 8.78 Å². The van der Waals surface area contributed by atoms with Crippen LogP contribution in [-0.2, 0) is 0 Å². The van der Waals surface area contributed by atoms with Crippen molar-refractivity contribution < 1.29 is 13.5 Å². The van der Waals surface area contributed by atoms with Gasteiger partial charge >= 0.3 is 0 Å². The molecule has 0 radical (unpaired) electrons. The van der Waals surface area contributed by atoms with Crippen LogP contribution < -0.4 is 4.74 Å². The van der Waals surface area contributed by atoms with E-state index < -0.39 is 12.0 Å². The second kappa shape index (κ2) is 6.62.